The van der Waals surface area contributed by atoms with E-state index in [1.165, 1.54) is 0 Å². The molecule has 1 aliphatic rings. The first kappa shape index (κ1) is 12.9. The second-order valence-electron chi connectivity index (χ2n) is 5.60. The maximum absolute atomic E-state index is 6.34. The molecule has 1 aromatic carbocycles. The van der Waals surface area contributed by atoms with Crippen LogP contribution >= 0.6 is 11.6 Å². The zero-order valence-corrected chi connectivity index (χ0v) is 12.3. The molecule has 0 saturated carbocycles. The van der Waals surface area contributed by atoms with Crippen LogP contribution in [-0.2, 0) is 0 Å². The number of hydrogen-bond acceptors (Lipinski definition) is 2. The largest absolute Gasteiger partial charge is 0.311 e. The van der Waals surface area contributed by atoms with Gasteiger partial charge in [-0.25, -0.2) is 4.98 Å². The van der Waals surface area contributed by atoms with E-state index in [1.807, 2.05) is 12.1 Å². The van der Waals surface area contributed by atoms with Crippen LogP contribution in [0, 0.1) is 0 Å². The van der Waals surface area contributed by atoms with Crippen molar-refractivity contribution in [3.8, 4) is 0 Å². The SMILES string of the molecule is CC(C)N1CCC(n2c(Cl)nc3ccccc32)CC1. The summed E-state index contributed by atoms with van der Waals surface area (Å²) in [5.41, 5.74) is 2.16. The predicted molar refractivity (Wildman–Crippen MR) is 79.7 cm³/mol. The van der Waals surface area contributed by atoms with Crippen LogP contribution in [-0.4, -0.2) is 33.6 Å². The zero-order valence-electron chi connectivity index (χ0n) is 11.5. The van der Waals surface area contributed by atoms with Crippen molar-refractivity contribution in [3.05, 3.63) is 29.5 Å². The van der Waals surface area contributed by atoms with Crippen LogP contribution in [0.4, 0.5) is 0 Å². The number of imidazole rings is 1. The molecule has 2 heterocycles. The van der Waals surface area contributed by atoms with Gasteiger partial charge in [0.25, 0.3) is 0 Å². The first-order valence-corrected chi connectivity index (χ1v) is 7.41. The molecule has 3 nitrogen and oxygen atoms in total. The Balaban J connectivity index is 1.87. The quantitative estimate of drug-likeness (QED) is 0.834. The number of piperidine rings is 1. The molecule has 0 unspecified atom stereocenters. The molecule has 1 aliphatic heterocycles. The molecule has 4 heteroatoms. The van der Waals surface area contributed by atoms with Crippen LogP contribution in [0.2, 0.25) is 5.28 Å². The van der Waals surface area contributed by atoms with E-state index in [4.69, 9.17) is 11.6 Å². The van der Waals surface area contributed by atoms with Crippen molar-refractivity contribution in [1.29, 1.82) is 0 Å². The van der Waals surface area contributed by atoms with Gasteiger partial charge in [-0.15, -0.1) is 0 Å². The first-order chi connectivity index (χ1) is 9.16. The van der Waals surface area contributed by atoms with Gasteiger partial charge in [0.05, 0.1) is 11.0 Å². The maximum atomic E-state index is 6.34. The Hall–Kier alpha value is -1.06. The number of halogens is 1. The van der Waals surface area contributed by atoms with Crippen LogP contribution in [0.3, 0.4) is 0 Å². The van der Waals surface area contributed by atoms with Crippen molar-refractivity contribution >= 4 is 22.6 Å². The number of rotatable bonds is 2. The van der Waals surface area contributed by atoms with E-state index in [1.54, 1.807) is 0 Å². The van der Waals surface area contributed by atoms with Crippen LogP contribution in [0.5, 0.6) is 0 Å². The normalized spacial score (nSPS) is 18.5. The van der Waals surface area contributed by atoms with Gasteiger partial charge in [0, 0.05) is 25.2 Å². The van der Waals surface area contributed by atoms with E-state index in [0.29, 0.717) is 17.4 Å². The summed E-state index contributed by atoms with van der Waals surface area (Å²) in [6.45, 7) is 6.82. The molecule has 0 atom stereocenters. The maximum Gasteiger partial charge on any atom is 0.204 e. The summed E-state index contributed by atoms with van der Waals surface area (Å²) in [5.74, 6) is 0. The number of aromatic nitrogens is 2. The Kier molecular flexibility index (Phi) is 3.50. The summed E-state index contributed by atoms with van der Waals surface area (Å²) in [5, 5.41) is 0.629. The minimum Gasteiger partial charge on any atom is -0.311 e. The van der Waals surface area contributed by atoms with Crippen molar-refractivity contribution in [3.63, 3.8) is 0 Å². The number of benzene rings is 1. The summed E-state index contributed by atoms with van der Waals surface area (Å²) in [7, 11) is 0. The molecule has 0 amide bonds. The minimum absolute atomic E-state index is 0.481. The van der Waals surface area contributed by atoms with Gasteiger partial charge in [0.15, 0.2) is 0 Å². The molecule has 0 spiro atoms. The lowest BCUT2D eigenvalue weighted by atomic mass is 10.0. The van der Waals surface area contributed by atoms with Gasteiger partial charge in [-0.3, -0.25) is 0 Å². The molecule has 0 N–H and O–H groups in total. The topological polar surface area (TPSA) is 21.1 Å². The fourth-order valence-corrected chi connectivity index (χ4v) is 3.34. The number of nitrogens with zero attached hydrogens (tertiary/aromatic N) is 3. The van der Waals surface area contributed by atoms with E-state index in [2.05, 4.69) is 40.4 Å². The molecule has 3 rings (SSSR count). The number of para-hydroxylation sites is 2. The number of fused-ring (bicyclic) bond motifs is 1. The van der Waals surface area contributed by atoms with Gasteiger partial charge in [-0.1, -0.05) is 12.1 Å². The average Bonchev–Trinajstić information content (AvgIpc) is 2.74. The fraction of sp³-hybridized carbons (Fsp3) is 0.533. The van der Waals surface area contributed by atoms with E-state index >= 15 is 0 Å². The summed E-state index contributed by atoms with van der Waals surface area (Å²) in [6.07, 6.45) is 2.30. The van der Waals surface area contributed by atoms with E-state index < -0.39 is 0 Å². The summed E-state index contributed by atoms with van der Waals surface area (Å²) in [4.78, 5) is 6.99. The third-order valence-electron chi connectivity index (χ3n) is 4.15. The van der Waals surface area contributed by atoms with Crippen molar-refractivity contribution in [2.45, 2.75) is 38.8 Å². The highest BCUT2D eigenvalue weighted by Gasteiger charge is 2.24. The van der Waals surface area contributed by atoms with Gasteiger partial charge in [-0.2, -0.15) is 0 Å². The Morgan fingerprint density at radius 1 is 1.21 bits per heavy atom. The van der Waals surface area contributed by atoms with Crippen LogP contribution in [0.15, 0.2) is 24.3 Å². The van der Waals surface area contributed by atoms with Crippen molar-refractivity contribution in [2.24, 2.45) is 0 Å². The molecule has 102 valence electrons. The lowest BCUT2D eigenvalue weighted by Gasteiger charge is -2.35. The predicted octanol–water partition coefficient (Wildman–Crippen LogP) is 3.74. The van der Waals surface area contributed by atoms with Crippen molar-refractivity contribution in [1.82, 2.24) is 14.5 Å². The molecule has 0 bridgehead atoms. The highest BCUT2D eigenvalue weighted by Crippen LogP contribution is 2.31. The lowest BCUT2D eigenvalue weighted by molar-refractivity contribution is 0.153. The zero-order chi connectivity index (χ0) is 13.4. The molecule has 2 aromatic rings. The molecule has 0 radical (unpaired) electrons. The van der Waals surface area contributed by atoms with E-state index in [-0.39, 0.29) is 0 Å². The molecular weight excluding hydrogens is 258 g/mol. The molecule has 1 saturated heterocycles. The molecular formula is C15H20ClN3. The Morgan fingerprint density at radius 3 is 2.58 bits per heavy atom. The lowest BCUT2D eigenvalue weighted by Crippen LogP contribution is -2.39. The van der Waals surface area contributed by atoms with Gasteiger partial charge in [0.1, 0.15) is 0 Å². The second kappa shape index (κ2) is 5.14. The second-order valence-corrected chi connectivity index (χ2v) is 5.94. The molecule has 0 aliphatic carbocycles. The third-order valence-corrected chi connectivity index (χ3v) is 4.41. The van der Waals surface area contributed by atoms with Gasteiger partial charge >= 0.3 is 0 Å². The van der Waals surface area contributed by atoms with Crippen molar-refractivity contribution in [2.75, 3.05) is 13.1 Å². The average molecular weight is 278 g/mol. The van der Waals surface area contributed by atoms with Crippen LogP contribution < -0.4 is 0 Å². The Bertz CT molecular complexity index is 568. The highest BCUT2D eigenvalue weighted by molar-refractivity contribution is 6.29. The number of hydrogen-bond donors (Lipinski definition) is 0. The molecule has 1 aromatic heterocycles. The Labute approximate surface area is 119 Å². The van der Waals surface area contributed by atoms with E-state index in [9.17, 15) is 0 Å². The summed E-state index contributed by atoms with van der Waals surface area (Å²) >= 11 is 6.34. The van der Waals surface area contributed by atoms with Crippen LogP contribution in [0.25, 0.3) is 11.0 Å². The first-order valence-electron chi connectivity index (χ1n) is 7.03. The minimum atomic E-state index is 0.481. The van der Waals surface area contributed by atoms with Crippen LogP contribution in [0.1, 0.15) is 32.7 Å². The van der Waals surface area contributed by atoms with Crippen molar-refractivity contribution < 1.29 is 0 Å². The molecule has 1 fully saturated rings. The number of likely N-dealkylation sites (tertiary alicyclic amines) is 1. The van der Waals surface area contributed by atoms with E-state index in [0.717, 1.165) is 37.0 Å². The summed E-state index contributed by atoms with van der Waals surface area (Å²) < 4.78 is 2.22. The Morgan fingerprint density at radius 2 is 1.89 bits per heavy atom. The third kappa shape index (κ3) is 2.37. The van der Waals surface area contributed by atoms with Gasteiger partial charge in [0.2, 0.25) is 5.28 Å². The fourth-order valence-electron chi connectivity index (χ4n) is 3.02. The molecule has 19 heavy (non-hydrogen) atoms. The summed E-state index contributed by atoms with van der Waals surface area (Å²) in [6, 6.07) is 9.33. The highest BCUT2D eigenvalue weighted by atomic mass is 35.5. The monoisotopic (exact) mass is 277 g/mol. The van der Waals surface area contributed by atoms with Gasteiger partial charge in [-0.05, 0) is 50.4 Å². The van der Waals surface area contributed by atoms with Gasteiger partial charge < -0.3 is 9.47 Å². The standard InChI is InChI=1S/C15H20ClN3/c1-11(2)18-9-7-12(8-10-18)19-14-6-4-3-5-13(14)17-15(19)16/h3-6,11-12H,7-10H2,1-2H3. The smallest absolute Gasteiger partial charge is 0.204 e.